The van der Waals surface area contributed by atoms with Crippen LogP contribution < -0.4 is 5.32 Å². The highest BCUT2D eigenvalue weighted by atomic mass is 32.2. The number of aryl methyl sites for hydroxylation is 1. The molecule has 0 radical (unpaired) electrons. The molecule has 2 N–H and O–H groups in total. The molecule has 3 rings (SSSR count). The number of carbonyl (C=O) groups is 1. The van der Waals surface area contributed by atoms with E-state index in [4.69, 9.17) is 4.52 Å². The normalized spacial score (nSPS) is 12.2. The Hall–Kier alpha value is -2.13. The zero-order chi connectivity index (χ0) is 16.9. The average Bonchev–Trinajstić information content (AvgIpc) is 3.29. The van der Waals surface area contributed by atoms with E-state index in [1.54, 1.807) is 24.3 Å². The van der Waals surface area contributed by atoms with Gasteiger partial charge in [0.1, 0.15) is 11.6 Å². The van der Waals surface area contributed by atoms with Gasteiger partial charge in [0, 0.05) is 17.4 Å². The Balaban J connectivity index is 1.60. The molecular formula is C15H17N5O2S2. The van der Waals surface area contributed by atoms with Crippen molar-refractivity contribution >= 4 is 34.8 Å². The molecule has 24 heavy (non-hydrogen) atoms. The molecule has 0 aliphatic carbocycles. The molecule has 0 aliphatic rings. The van der Waals surface area contributed by atoms with Crippen molar-refractivity contribution in [1.82, 2.24) is 20.3 Å². The van der Waals surface area contributed by atoms with Gasteiger partial charge in [0.05, 0.1) is 5.25 Å². The van der Waals surface area contributed by atoms with E-state index in [-0.39, 0.29) is 11.2 Å². The van der Waals surface area contributed by atoms with E-state index in [9.17, 15) is 4.79 Å². The number of thiophene rings is 1. The van der Waals surface area contributed by atoms with Gasteiger partial charge in [-0.2, -0.15) is 0 Å². The van der Waals surface area contributed by atoms with Crippen molar-refractivity contribution in [1.29, 1.82) is 0 Å². The van der Waals surface area contributed by atoms with Gasteiger partial charge in [0.25, 0.3) is 0 Å². The number of nitrogens with zero attached hydrogens (tertiary/aromatic N) is 3. The third-order valence-corrected chi connectivity index (χ3v) is 5.32. The molecule has 0 saturated heterocycles. The molecule has 3 aromatic heterocycles. The summed E-state index contributed by atoms with van der Waals surface area (Å²) in [7, 11) is 0. The van der Waals surface area contributed by atoms with Crippen LogP contribution in [0.15, 0.2) is 33.3 Å². The Kier molecular flexibility index (Phi) is 5.31. The molecule has 0 aromatic carbocycles. The summed E-state index contributed by atoms with van der Waals surface area (Å²) in [6.45, 7) is 3.72. The molecule has 1 unspecified atom stereocenters. The van der Waals surface area contributed by atoms with Crippen molar-refractivity contribution in [2.24, 2.45) is 0 Å². The molecule has 3 aromatic rings. The fourth-order valence-corrected chi connectivity index (χ4v) is 3.63. The molecule has 7 nitrogen and oxygen atoms in total. The maximum Gasteiger partial charge on any atom is 0.239 e. The summed E-state index contributed by atoms with van der Waals surface area (Å²) in [5.74, 6) is 1.73. The Labute approximate surface area is 147 Å². The molecule has 3 heterocycles. The second-order valence-electron chi connectivity index (χ2n) is 5.15. The van der Waals surface area contributed by atoms with Crippen molar-refractivity contribution in [2.45, 2.75) is 37.1 Å². The number of hydrogen-bond donors (Lipinski definition) is 2. The van der Waals surface area contributed by atoms with Crippen LogP contribution in [0.4, 0.5) is 5.82 Å². The fraction of sp³-hybridized carbons (Fsp3) is 0.333. The first-order valence-electron chi connectivity index (χ1n) is 7.48. The van der Waals surface area contributed by atoms with Crippen molar-refractivity contribution in [3.8, 4) is 0 Å². The van der Waals surface area contributed by atoms with E-state index in [1.165, 1.54) is 16.6 Å². The molecule has 0 saturated carbocycles. The molecule has 1 amide bonds. The number of aromatic amines is 1. The van der Waals surface area contributed by atoms with Gasteiger partial charge in [-0.3, -0.25) is 9.89 Å². The van der Waals surface area contributed by atoms with Crippen LogP contribution in [-0.2, 0) is 11.2 Å². The summed E-state index contributed by atoms with van der Waals surface area (Å²) in [6, 6.07) is 5.75. The minimum Gasteiger partial charge on any atom is -0.360 e. The minimum atomic E-state index is -0.299. The van der Waals surface area contributed by atoms with Crippen LogP contribution in [0, 0.1) is 6.92 Å². The summed E-state index contributed by atoms with van der Waals surface area (Å²) < 4.78 is 4.95. The van der Waals surface area contributed by atoms with Gasteiger partial charge in [0.15, 0.2) is 5.82 Å². The molecule has 9 heteroatoms. The standard InChI is InChI=1S/C15H17N5O2S2/c1-3-11(14(21)16-13-7-9(2)22-20-13)24-15-17-12(18-19-15)8-10-5-4-6-23-10/h4-7,11H,3,8H2,1-2H3,(H,16,20,21)(H,17,18,19). The first-order chi connectivity index (χ1) is 11.6. The molecular weight excluding hydrogens is 346 g/mol. The number of amides is 1. The van der Waals surface area contributed by atoms with Crippen molar-refractivity contribution in [3.63, 3.8) is 0 Å². The monoisotopic (exact) mass is 363 g/mol. The highest BCUT2D eigenvalue weighted by Crippen LogP contribution is 2.24. The Morgan fingerprint density at radius 2 is 2.42 bits per heavy atom. The maximum absolute atomic E-state index is 12.3. The van der Waals surface area contributed by atoms with Gasteiger partial charge in [0.2, 0.25) is 11.1 Å². The number of anilines is 1. The van der Waals surface area contributed by atoms with Crippen molar-refractivity contribution in [3.05, 3.63) is 40.0 Å². The Bertz CT molecular complexity index is 797. The largest absolute Gasteiger partial charge is 0.360 e. The molecule has 0 aliphatic heterocycles. The highest BCUT2D eigenvalue weighted by molar-refractivity contribution is 8.00. The van der Waals surface area contributed by atoms with Crippen LogP contribution in [0.3, 0.4) is 0 Å². The lowest BCUT2D eigenvalue weighted by Gasteiger charge is -2.10. The van der Waals surface area contributed by atoms with Crippen molar-refractivity contribution < 1.29 is 9.32 Å². The second-order valence-corrected chi connectivity index (χ2v) is 7.35. The van der Waals surface area contributed by atoms with Crippen LogP contribution >= 0.6 is 23.1 Å². The predicted octanol–water partition coefficient (Wildman–Crippen LogP) is 3.26. The van der Waals surface area contributed by atoms with Gasteiger partial charge in [-0.1, -0.05) is 29.9 Å². The molecule has 0 fully saturated rings. The van der Waals surface area contributed by atoms with Gasteiger partial charge in [-0.25, -0.2) is 4.98 Å². The third-order valence-electron chi connectivity index (χ3n) is 3.22. The number of aromatic nitrogens is 4. The average molecular weight is 363 g/mol. The number of rotatable bonds is 7. The number of nitrogens with one attached hydrogen (secondary N) is 2. The number of H-pyrrole nitrogens is 1. The third kappa shape index (κ3) is 4.24. The first-order valence-corrected chi connectivity index (χ1v) is 9.24. The zero-order valence-corrected chi connectivity index (χ0v) is 14.9. The van der Waals surface area contributed by atoms with Crippen LogP contribution in [0.5, 0.6) is 0 Å². The second kappa shape index (κ2) is 7.63. The summed E-state index contributed by atoms with van der Waals surface area (Å²) in [5, 5.41) is 16.0. The predicted molar refractivity (Wildman–Crippen MR) is 93.3 cm³/mol. The first kappa shape index (κ1) is 16.7. The summed E-state index contributed by atoms with van der Waals surface area (Å²) in [4.78, 5) is 18.0. The number of hydrogen-bond acceptors (Lipinski definition) is 7. The van der Waals surface area contributed by atoms with Crippen LogP contribution in [0.1, 0.15) is 29.8 Å². The van der Waals surface area contributed by atoms with Crippen LogP contribution in [0.2, 0.25) is 0 Å². The van der Waals surface area contributed by atoms with Gasteiger partial charge >= 0.3 is 0 Å². The van der Waals surface area contributed by atoms with E-state index in [0.717, 1.165) is 5.82 Å². The Morgan fingerprint density at radius 1 is 1.54 bits per heavy atom. The molecule has 1 atom stereocenters. The zero-order valence-electron chi connectivity index (χ0n) is 13.3. The highest BCUT2D eigenvalue weighted by Gasteiger charge is 2.21. The van der Waals surface area contributed by atoms with Crippen LogP contribution in [-0.4, -0.2) is 31.5 Å². The number of carbonyl (C=O) groups excluding carboxylic acids is 1. The molecule has 0 spiro atoms. The van der Waals surface area contributed by atoms with Gasteiger partial charge in [-0.15, -0.1) is 16.4 Å². The quantitative estimate of drug-likeness (QED) is 0.625. The maximum atomic E-state index is 12.3. The van der Waals surface area contributed by atoms with Gasteiger partial charge in [-0.05, 0) is 24.8 Å². The molecule has 0 bridgehead atoms. The van der Waals surface area contributed by atoms with E-state index >= 15 is 0 Å². The number of thioether (sulfide) groups is 1. The Morgan fingerprint density at radius 3 is 3.08 bits per heavy atom. The summed E-state index contributed by atoms with van der Waals surface area (Å²) in [5.41, 5.74) is 0. The van der Waals surface area contributed by atoms with E-state index in [0.29, 0.717) is 29.6 Å². The van der Waals surface area contributed by atoms with Crippen LogP contribution in [0.25, 0.3) is 0 Å². The lowest BCUT2D eigenvalue weighted by molar-refractivity contribution is -0.115. The van der Waals surface area contributed by atoms with Crippen molar-refractivity contribution in [2.75, 3.05) is 5.32 Å². The fourth-order valence-electron chi connectivity index (χ4n) is 2.07. The molecule has 126 valence electrons. The van der Waals surface area contributed by atoms with E-state index in [1.807, 2.05) is 18.4 Å². The lowest BCUT2D eigenvalue weighted by atomic mass is 10.3. The minimum absolute atomic E-state index is 0.139. The summed E-state index contributed by atoms with van der Waals surface area (Å²) >= 11 is 3.01. The summed E-state index contributed by atoms with van der Waals surface area (Å²) in [6.07, 6.45) is 1.37. The van der Waals surface area contributed by atoms with E-state index in [2.05, 4.69) is 31.7 Å². The lowest BCUT2D eigenvalue weighted by Crippen LogP contribution is -2.24. The van der Waals surface area contributed by atoms with E-state index < -0.39 is 0 Å². The topological polar surface area (TPSA) is 96.7 Å². The SMILES string of the molecule is CCC(Sc1n[nH]c(Cc2cccs2)n1)C(=O)Nc1cc(C)on1. The smallest absolute Gasteiger partial charge is 0.239 e. The van der Waals surface area contributed by atoms with Gasteiger partial charge < -0.3 is 9.84 Å².